The lowest BCUT2D eigenvalue weighted by Crippen LogP contribution is -2.15. The second kappa shape index (κ2) is 8.38. The van der Waals surface area contributed by atoms with E-state index in [0.717, 1.165) is 15.6 Å². The Morgan fingerprint density at radius 3 is 2.53 bits per heavy atom. The Hall–Kier alpha value is -3.03. The summed E-state index contributed by atoms with van der Waals surface area (Å²) in [4.78, 5) is 17.1. The highest BCUT2D eigenvalue weighted by Crippen LogP contribution is 2.26. The number of amides is 1. The lowest BCUT2D eigenvalue weighted by Gasteiger charge is -2.07. The van der Waals surface area contributed by atoms with Gasteiger partial charge in [-0.1, -0.05) is 57.9 Å². The predicted octanol–water partition coefficient (Wildman–Crippen LogP) is 6.05. The number of nitrogens with zero attached hydrogens (tertiary/aromatic N) is 3. The van der Waals surface area contributed by atoms with Gasteiger partial charge in [-0.25, -0.2) is 14.1 Å². The summed E-state index contributed by atoms with van der Waals surface area (Å²) >= 11 is 9.70. The number of hydrogen-bond acceptors (Lipinski definition) is 3. The van der Waals surface area contributed by atoms with Crippen molar-refractivity contribution in [3.05, 3.63) is 93.4 Å². The quantitative estimate of drug-likeness (QED) is 0.383. The van der Waals surface area contributed by atoms with Gasteiger partial charge in [0.05, 0.1) is 11.4 Å². The SMILES string of the molecule is Cc1ccc(-n2nc(C(=O)Nc3ccccc3F)nc2-c2ccc(Br)cc2)cc1Cl. The van der Waals surface area contributed by atoms with Gasteiger partial charge in [-0.3, -0.25) is 4.79 Å². The lowest BCUT2D eigenvalue weighted by molar-refractivity contribution is 0.101. The Labute approximate surface area is 185 Å². The monoisotopic (exact) mass is 484 g/mol. The van der Waals surface area contributed by atoms with Crippen molar-refractivity contribution in [2.45, 2.75) is 6.92 Å². The third kappa shape index (κ3) is 4.13. The van der Waals surface area contributed by atoms with Crippen molar-refractivity contribution in [2.24, 2.45) is 0 Å². The van der Waals surface area contributed by atoms with Gasteiger partial charge in [-0.15, -0.1) is 5.10 Å². The average molecular weight is 486 g/mol. The first kappa shape index (κ1) is 20.3. The van der Waals surface area contributed by atoms with Gasteiger partial charge < -0.3 is 5.32 Å². The summed E-state index contributed by atoms with van der Waals surface area (Å²) in [6, 6.07) is 18.8. The maximum absolute atomic E-state index is 13.9. The molecule has 30 heavy (non-hydrogen) atoms. The van der Waals surface area contributed by atoms with Crippen molar-refractivity contribution >= 4 is 39.1 Å². The molecule has 0 aliphatic heterocycles. The second-order valence-corrected chi connectivity index (χ2v) is 7.87. The van der Waals surface area contributed by atoms with Crippen molar-refractivity contribution in [3.8, 4) is 17.1 Å². The molecule has 0 spiro atoms. The minimum Gasteiger partial charge on any atom is -0.317 e. The molecule has 0 atom stereocenters. The number of para-hydroxylation sites is 1. The van der Waals surface area contributed by atoms with Crippen molar-refractivity contribution in [1.82, 2.24) is 14.8 Å². The van der Waals surface area contributed by atoms with Crippen molar-refractivity contribution in [3.63, 3.8) is 0 Å². The van der Waals surface area contributed by atoms with Gasteiger partial charge in [0.25, 0.3) is 5.91 Å². The van der Waals surface area contributed by atoms with Crippen LogP contribution in [0.5, 0.6) is 0 Å². The second-order valence-electron chi connectivity index (χ2n) is 6.55. The first-order valence-corrected chi connectivity index (χ1v) is 10.1. The van der Waals surface area contributed by atoms with E-state index in [9.17, 15) is 9.18 Å². The van der Waals surface area contributed by atoms with E-state index >= 15 is 0 Å². The summed E-state index contributed by atoms with van der Waals surface area (Å²) in [6.45, 7) is 1.90. The van der Waals surface area contributed by atoms with Gasteiger partial charge in [-0.2, -0.15) is 0 Å². The fourth-order valence-corrected chi connectivity index (χ4v) is 3.27. The molecule has 0 radical (unpaired) electrons. The topological polar surface area (TPSA) is 59.8 Å². The van der Waals surface area contributed by atoms with E-state index in [1.54, 1.807) is 22.9 Å². The number of aryl methyl sites for hydroxylation is 1. The molecule has 4 rings (SSSR count). The van der Waals surface area contributed by atoms with Crippen molar-refractivity contribution in [2.75, 3.05) is 5.32 Å². The lowest BCUT2D eigenvalue weighted by atomic mass is 10.2. The number of carbonyl (C=O) groups excluding carboxylic acids is 1. The number of benzene rings is 3. The number of nitrogens with one attached hydrogen (secondary N) is 1. The zero-order chi connectivity index (χ0) is 21.3. The van der Waals surface area contributed by atoms with Crippen molar-refractivity contribution < 1.29 is 9.18 Å². The van der Waals surface area contributed by atoms with Crippen LogP contribution in [0.15, 0.2) is 71.2 Å². The largest absolute Gasteiger partial charge is 0.317 e. The van der Waals surface area contributed by atoms with Gasteiger partial charge in [0.15, 0.2) is 5.82 Å². The van der Waals surface area contributed by atoms with Crippen LogP contribution >= 0.6 is 27.5 Å². The molecule has 3 aromatic carbocycles. The van der Waals surface area contributed by atoms with E-state index in [-0.39, 0.29) is 11.5 Å². The average Bonchev–Trinajstić information content (AvgIpc) is 3.18. The maximum atomic E-state index is 13.9. The standard InChI is InChI=1S/C22H15BrClFN4O/c1-13-6-11-16(12-17(13)24)29-21(14-7-9-15(23)10-8-14)27-20(28-29)22(30)26-19-5-3-2-4-18(19)25/h2-12H,1H3,(H,26,30). The minimum atomic E-state index is -0.615. The Kier molecular flexibility index (Phi) is 5.65. The minimum absolute atomic E-state index is 0.0578. The molecule has 1 aromatic heterocycles. The van der Waals surface area contributed by atoms with Crippen LogP contribution in [0.2, 0.25) is 5.02 Å². The summed E-state index contributed by atoms with van der Waals surface area (Å²) in [5.74, 6) is -0.784. The molecule has 0 bridgehead atoms. The van der Waals surface area contributed by atoms with Gasteiger partial charge in [0, 0.05) is 15.1 Å². The zero-order valence-corrected chi connectivity index (χ0v) is 18.1. The number of anilines is 1. The normalized spacial score (nSPS) is 10.8. The van der Waals surface area contributed by atoms with E-state index in [0.29, 0.717) is 16.5 Å². The zero-order valence-electron chi connectivity index (χ0n) is 15.7. The maximum Gasteiger partial charge on any atom is 0.295 e. The number of carbonyl (C=O) groups is 1. The number of rotatable bonds is 4. The fraction of sp³-hybridized carbons (Fsp3) is 0.0455. The van der Waals surface area contributed by atoms with Crippen LogP contribution in [0, 0.1) is 12.7 Å². The Morgan fingerprint density at radius 1 is 1.10 bits per heavy atom. The number of halogens is 3. The van der Waals surface area contributed by atoms with E-state index in [2.05, 4.69) is 31.3 Å². The van der Waals surface area contributed by atoms with Crippen LogP contribution in [0.3, 0.4) is 0 Å². The molecule has 0 aliphatic carbocycles. The van der Waals surface area contributed by atoms with Crippen LogP contribution in [-0.2, 0) is 0 Å². The molecule has 1 N–H and O–H groups in total. The Morgan fingerprint density at radius 2 is 1.83 bits per heavy atom. The third-order valence-electron chi connectivity index (χ3n) is 4.43. The summed E-state index contributed by atoms with van der Waals surface area (Å²) < 4.78 is 16.4. The van der Waals surface area contributed by atoms with E-state index in [1.165, 1.54) is 12.1 Å². The van der Waals surface area contributed by atoms with E-state index in [1.807, 2.05) is 43.3 Å². The van der Waals surface area contributed by atoms with E-state index in [4.69, 9.17) is 11.6 Å². The van der Waals surface area contributed by atoms with Crippen molar-refractivity contribution in [1.29, 1.82) is 0 Å². The summed E-state index contributed by atoms with van der Waals surface area (Å²) in [5, 5.41) is 7.46. The molecular formula is C22H15BrClFN4O. The Bertz CT molecular complexity index is 1240. The molecule has 1 heterocycles. The number of aromatic nitrogens is 3. The van der Waals surface area contributed by atoms with Crippen LogP contribution < -0.4 is 5.32 Å². The molecule has 0 saturated heterocycles. The van der Waals surface area contributed by atoms with Crippen LogP contribution in [0.1, 0.15) is 16.2 Å². The van der Waals surface area contributed by atoms with Crippen LogP contribution in [-0.4, -0.2) is 20.7 Å². The predicted molar refractivity (Wildman–Crippen MR) is 119 cm³/mol. The first-order chi connectivity index (χ1) is 14.4. The highest BCUT2D eigenvalue weighted by atomic mass is 79.9. The van der Waals surface area contributed by atoms with Gasteiger partial charge in [0.2, 0.25) is 5.82 Å². The third-order valence-corrected chi connectivity index (χ3v) is 5.37. The van der Waals surface area contributed by atoms with Gasteiger partial charge in [-0.05, 0) is 48.9 Å². The van der Waals surface area contributed by atoms with Gasteiger partial charge in [0.1, 0.15) is 5.82 Å². The molecule has 0 saturated carbocycles. The summed E-state index contributed by atoms with van der Waals surface area (Å²) in [5.41, 5.74) is 2.39. The van der Waals surface area contributed by atoms with Crippen LogP contribution in [0.25, 0.3) is 17.1 Å². The summed E-state index contributed by atoms with van der Waals surface area (Å²) in [7, 11) is 0. The molecular weight excluding hydrogens is 471 g/mol. The summed E-state index contributed by atoms with van der Waals surface area (Å²) in [6.07, 6.45) is 0. The highest BCUT2D eigenvalue weighted by Gasteiger charge is 2.20. The van der Waals surface area contributed by atoms with Gasteiger partial charge >= 0.3 is 0 Å². The fourth-order valence-electron chi connectivity index (χ4n) is 2.83. The smallest absolute Gasteiger partial charge is 0.295 e. The number of hydrogen-bond donors (Lipinski definition) is 1. The van der Waals surface area contributed by atoms with Crippen LogP contribution in [0.4, 0.5) is 10.1 Å². The molecule has 1 amide bonds. The first-order valence-electron chi connectivity index (χ1n) is 8.98. The molecule has 4 aromatic rings. The molecule has 5 nitrogen and oxygen atoms in total. The molecule has 0 fully saturated rings. The Balaban J connectivity index is 1.79. The highest BCUT2D eigenvalue weighted by molar-refractivity contribution is 9.10. The molecule has 0 aliphatic rings. The molecule has 0 unspecified atom stereocenters. The molecule has 8 heteroatoms. The van der Waals surface area contributed by atoms with E-state index < -0.39 is 11.7 Å². The molecule has 150 valence electrons.